The van der Waals surface area contributed by atoms with E-state index in [4.69, 9.17) is 16.1 Å². The molecule has 0 saturated carbocycles. The van der Waals surface area contributed by atoms with Gasteiger partial charge in [-0.05, 0) is 46.5 Å². The molecule has 2 aromatic carbocycles. The van der Waals surface area contributed by atoms with Crippen LogP contribution in [0.3, 0.4) is 0 Å². The molecule has 1 unspecified atom stereocenters. The van der Waals surface area contributed by atoms with E-state index in [0.29, 0.717) is 41.5 Å². The number of nitrogens with one attached hydrogen (secondary N) is 1. The molecule has 2 aromatic heterocycles. The number of phenolic OH excluding ortho intramolecular Hbond substituents is 1. The number of aromatic hydroxyl groups is 1. The Labute approximate surface area is 206 Å². The minimum atomic E-state index is -1.86. The van der Waals surface area contributed by atoms with Gasteiger partial charge in [-0.2, -0.15) is 15.0 Å². The van der Waals surface area contributed by atoms with Crippen LogP contribution in [0.2, 0.25) is 5.28 Å². The molecule has 1 atom stereocenters. The van der Waals surface area contributed by atoms with Crippen molar-refractivity contribution in [2.75, 3.05) is 30.0 Å². The Morgan fingerprint density at radius 1 is 1.11 bits per heavy atom. The Bertz CT molecular complexity index is 1420. The minimum Gasteiger partial charge on any atom is -0.506 e. The number of hydrogen-bond donors (Lipinski definition) is 2. The van der Waals surface area contributed by atoms with Crippen molar-refractivity contribution in [1.82, 2.24) is 29.9 Å². The number of hydrogen-bond acceptors (Lipinski definition) is 10. The van der Waals surface area contributed by atoms with Gasteiger partial charge in [0.15, 0.2) is 12.4 Å². The molecule has 35 heavy (non-hydrogen) atoms. The summed E-state index contributed by atoms with van der Waals surface area (Å²) in [4.78, 5) is 15.9. The molecule has 11 nitrogen and oxygen atoms in total. The van der Waals surface area contributed by atoms with E-state index < -0.39 is 8.03 Å². The standard InChI is InChI=1S/C22H20ClN8O3P/c1-4-10-30(11-5-2)22-26-20(23)25-21(27-22)24-14-6-8-16-17(12-14)29-31(28-16)18-13-15(34-35(3)33)7-9-19(18)32/h4-9,12-13H,1-2,10-11H2,3H3,(H-,24,25,26,27,29,32)/p+1. The van der Waals surface area contributed by atoms with Gasteiger partial charge >= 0.3 is 8.03 Å². The Kier molecular flexibility index (Phi) is 7.19. The maximum absolute atomic E-state index is 11.4. The van der Waals surface area contributed by atoms with E-state index in [0.717, 1.165) is 0 Å². The van der Waals surface area contributed by atoms with Crippen LogP contribution >= 0.6 is 19.6 Å². The second-order valence-corrected chi connectivity index (χ2v) is 8.61. The Hall–Kier alpha value is -4.08. The minimum absolute atomic E-state index is 0.0362. The first-order valence-corrected chi connectivity index (χ1v) is 12.3. The normalized spacial score (nSPS) is 11.2. The summed E-state index contributed by atoms with van der Waals surface area (Å²) < 4.78 is 16.6. The van der Waals surface area contributed by atoms with E-state index >= 15 is 0 Å². The van der Waals surface area contributed by atoms with Crippen molar-refractivity contribution in [3.05, 3.63) is 67.0 Å². The molecule has 0 aliphatic heterocycles. The SMILES string of the molecule is C=CCN(CC=C)c1nc(Cl)nc(Nc2ccc3nn(-c4cc(O[P+](C)=O)ccc4O)nc3c2)n1. The molecule has 0 aliphatic carbocycles. The van der Waals surface area contributed by atoms with Gasteiger partial charge in [0.2, 0.25) is 17.2 Å². The number of rotatable bonds is 10. The van der Waals surface area contributed by atoms with Gasteiger partial charge in [0.1, 0.15) is 22.5 Å². The quantitative estimate of drug-likeness (QED) is 0.229. The molecule has 13 heteroatoms. The zero-order chi connectivity index (χ0) is 24.9. The van der Waals surface area contributed by atoms with Crippen LogP contribution in [0.15, 0.2) is 61.7 Å². The van der Waals surface area contributed by atoms with Crippen molar-refractivity contribution in [1.29, 1.82) is 0 Å². The summed E-state index contributed by atoms with van der Waals surface area (Å²) in [5.74, 6) is 0.902. The third-order valence-corrected chi connectivity index (χ3v) is 5.25. The van der Waals surface area contributed by atoms with E-state index in [9.17, 15) is 9.67 Å². The first-order chi connectivity index (χ1) is 16.9. The van der Waals surface area contributed by atoms with Crippen LogP contribution in [0, 0.1) is 0 Å². The zero-order valence-corrected chi connectivity index (χ0v) is 20.3. The van der Waals surface area contributed by atoms with Gasteiger partial charge < -0.3 is 15.3 Å². The molecule has 2 N–H and O–H groups in total. The van der Waals surface area contributed by atoms with Gasteiger partial charge in [0, 0.05) is 24.8 Å². The van der Waals surface area contributed by atoms with Crippen LogP contribution in [-0.4, -0.2) is 54.8 Å². The van der Waals surface area contributed by atoms with Crippen molar-refractivity contribution in [3.8, 4) is 17.2 Å². The lowest BCUT2D eigenvalue weighted by Gasteiger charge is -2.19. The third-order valence-electron chi connectivity index (χ3n) is 4.61. The van der Waals surface area contributed by atoms with Crippen LogP contribution in [0.5, 0.6) is 11.5 Å². The molecule has 0 saturated heterocycles. The number of nitrogens with zero attached hydrogens (tertiary/aromatic N) is 7. The summed E-state index contributed by atoms with van der Waals surface area (Å²) in [6, 6.07) is 9.74. The Balaban J connectivity index is 1.63. The molecule has 4 aromatic rings. The lowest BCUT2D eigenvalue weighted by atomic mass is 10.3. The second-order valence-electron chi connectivity index (χ2n) is 7.21. The van der Waals surface area contributed by atoms with Crippen molar-refractivity contribution in [2.24, 2.45) is 0 Å². The van der Waals surface area contributed by atoms with Gasteiger partial charge in [-0.3, -0.25) is 4.52 Å². The Morgan fingerprint density at radius 2 is 1.86 bits per heavy atom. The van der Waals surface area contributed by atoms with Crippen molar-refractivity contribution in [3.63, 3.8) is 0 Å². The number of phenols is 1. The fourth-order valence-corrected chi connectivity index (χ4v) is 3.75. The summed E-state index contributed by atoms with van der Waals surface area (Å²) >= 11 is 6.13. The van der Waals surface area contributed by atoms with Gasteiger partial charge in [-0.1, -0.05) is 12.2 Å². The zero-order valence-electron chi connectivity index (χ0n) is 18.7. The lowest BCUT2D eigenvalue weighted by molar-refractivity contribution is 0.464. The third kappa shape index (κ3) is 5.71. The molecule has 0 radical (unpaired) electrons. The molecule has 0 bridgehead atoms. The smallest absolute Gasteiger partial charge is 0.506 e. The predicted octanol–water partition coefficient (Wildman–Crippen LogP) is 4.64. The topological polar surface area (TPSA) is 131 Å². The van der Waals surface area contributed by atoms with Crippen LogP contribution in [0.4, 0.5) is 17.6 Å². The number of fused-ring (bicyclic) bond motifs is 1. The maximum Gasteiger partial charge on any atom is 0.552 e. The molecule has 0 spiro atoms. The van der Waals surface area contributed by atoms with Gasteiger partial charge in [0.25, 0.3) is 0 Å². The number of benzene rings is 2. The summed E-state index contributed by atoms with van der Waals surface area (Å²) in [7, 11) is -1.86. The first kappa shape index (κ1) is 24.1. The second kappa shape index (κ2) is 10.5. The molecular formula is C22H21ClN8O3P+. The van der Waals surface area contributed by atoms with E-state index in [2.05, 4.69) is 43.6 Å². The molecule has 0 fully saturated rings. The fourth-order valence-electron chi connectivity index (χ4n) is 3.18. The van der Waals surface area contributed by atoms with Crippen LogP contribution in [0.1, 0.15) is 0 Å². The largest absolute Gasteiger partial charge is 0.552 e. The number of halogens is 1. The summed E-state index contributed by atoms with van der Waals surface area (Å²) in [5, 5.41) is 22.3. The first-order valence-electron chi connectivity index (χ1n) is 10.3. The van der Waals surface area contributed by atoms with E-state index in [-0.39, 0.29) is 22.7 Å². The molecule has 4 rings (SSSR count). The molecule has 0 aliphatic rings. The number of anilines is 3. The molecular weight excluding hydrogens is 491 g/mol. The van der Waals surface area contributed by atoms with Crippen molar-refractivity contribution >= 4 is 48.2 Å². The highest BCUT2D eigenvalue weighted by Crippen LogP contribution is 2.31. The van der Waals surface area contributed by atoms with Crippen LogP contribution in [-0.2, 0) is 4.57 Å². The lowest BCUT2D eigenvalue weighted by Crippen LogP contribution is -2.25. The van der Waals surface area contributed by atoms with Crippen LogP contribution in [0.25, 0.3) is 16.7 Å². The predicted molar refractivity (Wildman–Crippen MR) is 135 cm³/mol. The van der Waals surface area contributed by atoms with Gasteiger partial charge in [-0.25, -0.2) is 0 Å². The average Bonchev–Trinajstić information content (AvgIpc) is 3.22. The average molecular weight is 512 g/mol. The van der Waals surface area contributed by atoms with Crippen LogP contribution < -0.4 is 14.7 Å². The van der Waals surface area contributed by atoms with Gasteiger partial charge in [-0.15, -0.1) is 28.2 Å². The van der Waals surface area contributed by atoms with E-state index in [1.807, 2.05) is 4.90 Å². The molecule has 2 heterocycles. The van der Waals surface area contributed by atoms with E-state index in [1.165, 1.54) is 29.7 Å². The monoisotopic (exact) mass is 511 g/mol. The summed E-state index contributed by atoms with van der Waals surface area (Å²) in [5.41, 5.74) is 2.05. The van der Waals surface area contributed by atoms with Gasteiger partial charge in [0.05, 0.1) is 0 Å². The number of aromatic nitrogens is 6. The summed E-state index contributed by atoms with van der Waals surface area (Å²) in [6.07, 6.45) is 3.46. The molecule has 178 valence electrons. The Morgan fingerprint density at radius 3 is 2.57 bits per heavy atom. The summed E-state index contributed by atoms with van der Waals surface area (Å²) in [6.45, 7) is 9.96. The highest BCUT2D eigenvalue weighted by Gasteiger charge is 2.16. The van der Waals surface area contributed by atoms with Crippen molar-refractivity contribution < 1.29 is 14.2 Å². The molecule has 0 amide bonds. The highest BCUT2D eigenvalue weighted by molar-refractivity contribution is 7.38. The maximum atomic E-state index is 11.4. The highest BCUT2D eigenvalue weighted by atomic mass is 35.5. The fraction of sp³-hybridized carbons (Fsp3) is 0.136. The van der Waals surface area contributed by atoms with E-state index in [1.54, 1.807) is 30.4 Å². The van der Waals surface area contributed by atoms with Crippen molar-refractivity contribution in [2.45, 2.75) is 0 Å².